The van der Waals surface area contributed by atoms with Crippen LogP contribution in [0, 0.1) is 0 Å². The highest BCUT2D eigenvalue weighted by Gasteiger charge is 2.18. The van der Waals surface area contributed by atoms with Crippen molar-refractivity contribution in [3.8, 4) is 11.5 Å². The van der Waals surface area contributed by atoms with Gasteiger partial charge in [-0.25, -0.2) is 0 Å². The molecule has 0 bridgehead atoms. The van der Waals surface area contributed by atoms with E-state index < -0.39 is 6.10 Å². The maximum absolute atomic E-state index is 10.4. The van der Waals surface area contributed by atoms with Crippen molar-refractivity contribution in [1.82, 2.24) is 5.32 Å². The summed E-state index contributed by atoms with van der Waals surface area (Å²) in [5.41, 5.74) is 0.742. The molecule has 1 aliphatic rings. The second-order valence-electron chi connectivity index (χ2n) is 4.92. The Hall–Kier alpha value is -1.30. The number of benzene rings is 1. The van der Waals surface area contributed by atoms with Crippen LogP contribution in [0.3, 0.4) is 0 Å². The average Bonchev–Trinajstić information content (AvgIpc) is 2.52. The maximum Gasteiger partial charge on any atom is 0.124 e. The van der Waals surface area contributed by atoms with Gasteiger partial charge in [-0.05, 0) is 31.0 Å². The zero-order chi connectivity index (χ0) is 14.4. The minimum atomic E-state index is -0.622. The molecule has 1 aromatic rings. The van der Waals surface area contributed by atoms with Gasteiger partial charge in [-0.3, -0.25) is 0 Å². The Balaban J connectivity index is 1.98. The SMILES string of the molecule is COc1ccc(OC)c(C(O)CNC2CCOCC2)c1. The molecule has 1 unspecified atom stereocenters. The lowest BCUT2D eigenvalue weighted by Crippen LogP contribution is -2.37. The molecule has 0 saturated carbocycles. The van der Waals surface area contributed by atoms with Gasteiger partial charge < -0.3 is 24.6 Å². The van der Waals surface area contributed by atoms with Gasteiger partial charge in [0.25, 0.3) is 0 Å². The molecule has 2 rings (SSSR count). The van der Waals surface area contributed by atoms with Gasteiger partial charge in [0, 0.05) is 31.4 Å². The summed E-state index contributed by atoms with van der Waals surface area (Å²) in [7, 11) is 3.21. The van der Waals surface area contributed by atoms with Crippen LogP contribution in [0.15, 0.2) is 18.2 Å². The number of hydrogen-bond acceptors (Lipinski definition) is 5. The first-order valence-electron chi connectivity index (χ1n) is 6.95. The van der Waals surface area contributed by atoms with Crippen molar-refractivity contribution < 1.29 is 19.3 Å². The fourth-order valence-electron chi connectivity index (χ4n) is 2.39. The average molecular weight is 281 g/mol. The molecule has 1 aromatic carbocycles. The molecule has 1 saturated heterocycles. The van der Waals surface area contributed by atoms with E-state index in [2.05, 4.69) is 5.32 Å². The van der Waals surface area contributed by atoms with Gasteiger partial charge in [-0.2, -0.15) is 0 Å². The van der Waals surface area contributed by atoms with E-state index in [0.717, 1.165) is 31.6 Å². The lowest BCUT2D eigenvalue weighted by Gasteiger charge is -2.25. The number of hydrogen-bond donors (Lipinski definition) is 2. The molecule has 2 N–H and O–H groups in total. The Kier molecular flexibility index (Phi) is 5.64. The zero-order valence-electron chi connectivity index (χ0n) is 12.1. The van der Waals surface area contributed by atoms with Crippen molar-refractivity contribution in [3.05, 3.63) is 23.8 Å². The smallest absolute Gasteiger partial charge is 0.124 e. The standard InChI is InChI=1S/C15H23NO4/c1-18-12-3-4-15(19-2)13(9-12)14(17)10-16-11-5-7-20-8-6-11/h3-4,9,11,14,16-17H,5-8,10H2,1-2H3. The van der Waals surface area contributed by atoms with Crippen LogP contribution in [0.5, 0.6) is 11.5 Å². The van der Waals surface area contributed by atoms with Crippen LogP contribution in [0.4, 0.5) is 0 Å². The fourth-order valence-corrected chi connectivity index (χ4v) is 2.39. The summed E-state index contributed by atoms with van der Waals surface area (Å²) in [5.74, 6) is 1.39. The number of ether oxygens (including phenoxy) is 3. The molecular formula is C15H23NO4. The van der Waals surface area contributed by atoms with E-state index in [-0.39, 0.29) is 0 Å². The summed E-state index contributed by atoms with van der Waals surface area (Å²) < 4.78 is 15.8. The normalized spacial score (nSPS) is 17.8. The van der Waals surface area contributed by atoms with Crippen molar-refractivity contribution >= 4 is 0 Å². The van der Waals surface area contributed by atoms with E-state index in [1.165, 1.54) is 0 Å². The Morgan fingerprint density at radius 1 is 1.30 bits per heavy atom. The van der Waals surface area contributed by atoms with Gasteiger partial charge in [0.05, 0.1) is 20.3 Å². The molecular weight excluding hydrogens is 258 g/mol. The van der Waals surface area contributed by atoms with Crippen molar-refractivity contribution in [2.45, 2.75) is 25.0 Å². The van der Waals surface area contributed by atoms with Crippen LogP contribution in [0.1, 0.15) is 24.5 Å². The van der Waals surface area contributed by atoms with E-state index in [9.17, 15) is 5.11 Å². The van der Waals surface area contributed by atoms with Gasteiger partial charge in [0.2, 0.25) is 0 Å². The molecule has 1 atom stereocenters. The van der Waals surface area contributed by atoms with Crippen LogP contribution >= 0.6 is 0 Å². The van der Waals surface area contributed by atoms with Gasteiger partial charge in [-0.1, -0.05) is 0 Å². The first kappa shape index (κ1) is 15.1. The highest BCUT2D eigenvalue weighted by molar-refractivity contribution is 5.41. The second kappa shape index (κ2) is 7.47. The molecule has 1 aliphatic heterocycles. The topological polar surface area (TPSA) is 60.0 Å². The molecule has 20 heavy (non-hydrogen) atoms. The molecule has 0 spiro atoms. The van der Waals surface area contributed by atoms with Crippen LogP contribution < -0.4 is 14.8 Å². The maximum atomic E-state index is 10.4. The molecule has 0 amide bonds. The Labute approximate surface area is 119 Å². The van der Waals surface area contributed by atoms with Crippen molar-refractivity contribution in [3.63, 3.8) is 0 Å². The summed E-state index contributed by atoms with van der Waals surface area (Å²) in [4.78, 5) is 0. The first-order valence-corrected chi connectivity index (χ1v) is 6.95. The number of nitrogens with one attached hydrogen (secondary N) is 1. The van der Waals surface area contributed by atoms with E-state index in [1.54, 1.807) is 14.2 Å². The molecule has 112 valence electrons. The number of rotatable bonds is 6. The summed E-state index contributed by atoms with van der Waals surface area (Å²) in [6.45, 7) is 2.07. The minimum absolute atomic E-state index is 0.412. The third-order valence-electron chi connectivity index (χ3n) is 3.62. The largest absolute Gasteiger partial charge is 0.497 e. The Morgan fingerprint density at radius 2 is 2.05 bits per heavy atom. The molecule has 5 nitrogen and oxygen atoms in total. The van der Waals surface area contributed by atoms with Gasteiger partial charge in [0.1, 0.15) is 11.5 Å². The lowest BCUT2D eigenvalue weighted by atomic mass is 10.1. The van der Waals surface area contributed by atoms with Crippen LogP contribution in [-0.4, -0.2) is 45.1 Å². The third-order valence-corrected chi connectivity index (χ3v) is 3.62. The minimum Gasteiger partial charge on any atom is -0.497 e. The van der Waals surface area contributed by atoms with E-state index in [4.69, 9.17) is 14.2 Å². The summed E-state index contributed by atoms with van der Waals surface area (Å²) in [5, 5.41) is 13.7. The molecule has 0 radical (unpaired) electrons. The molecule has 5 heteroatoms. The highest BCUT2D eigenvalue weighted by atomic mass is 16.5. The fraction of sp³-hybridized carbons (Fsp3) is 0.600. The quantitative estimate of drug-likeness (QED) is 0.827. The van der Waals surface area contributed by atoms with Crippen LogP contribution in [0.25, 0.3) is 0 Å². The van der Waals surface area contributed by atoms with Gasteiger partial charge in [-0.15, -0.1) is 0 Å². The van der Waals surface area contributed by atoms with Gasteiger partial charge in [0.15, 0.2) is 0 Å². The predicted octanol–water partition coefficient (Wildman–Crippen LogP) is 1.51. The second-order valence-corrected chi connectivity index (χ2v) is 4.92. The zero-order valence-corrected chi connectivity index (χ0v) is 12.1. The van der Waals surface area contributed by atoms with E-state index >= 15 is 0 Å². The molecule has 1 fully saturated rings. The summed E-state index contributed by atoms with van der Waals surface area (Å²) in [6, 6.07) is 5.86. The lowest BCUT2D eigenvalue weighted by molar-refractivity contribution is 0.0722. The first-order chi connectivity index (χ1) is 9.74. The van der Waals surface area contributed by atoms with Crippen LogP contribution in [-0.2, 0) is 4.74 Å². The van der Waals surface area contributed by atoms with Crippen molar-refractivity contribution in [2.24, 2.45) is 0 Å². The van der Waals surface area contributed by atoms with Crippen molar-refractivity contribution in [1.29, 1.82) is 0 Å². The highest BCUT2D eigenvalue weighted by Crippen LogP contribution is 2.29. The number of methoxy groups -OCH3 is 2. The van der Waals surface area contributed by atoms with E-state index in [0.29, 0.717) is 24.1 Å². The number of aliphatic hydroxyl groups excluding tert-OH is 1. The summed E-state index contributed by atoms with van der Waals surface area (Å²) >= 11 is 0. The van der Waals surface area contributed by atoms with Crippen molar-refractivity contribution in [2.75, 3.05) is 34.0 Å². The van der Waals surface area contributed by atoms with E-state index in [1.807, 2.05) is 18.2 Å². The van der Waals surface area contributed by atoms with Crippen LogP contribution in [0.2, 0.25) is 0 Å². The third kappa shape index (κ3) is 3.85. The Bertz CT molecular complexity index is 418. The Morgan fingerprint density at radius 3 is 2.70 bits per heavy atom. The predicted molar refractivity (Wildman–Crippen MR) is 76.3 cm³/mol. The molecule has 0 aromatic heterocycles. The number of aliphatic hydroxyl groups is 1. The monoisotopic (exact) mass is 281 g/mol. The molecule has 1 heterocycles. The summed E-state index contributed by atoms with van der Waals surface area (Å²) in [6.07, 6.45) is 1.35. The molecule has 0 aliphatic carbocycles. The van der Waals surface area contributed by atoms with Gasteiger partial charge >= 0.3 is 0 Å².